The van der Waals surface area contributed by atoms with Crippen LogP contribution < -0.4 is 10.6 Å². The van der Waals surface area contributed by atoms with E-state index in [2.05, 4.69) is 34.7 Å². The molecule has 6 rings (SSSR count). The molecule has 0 radical (unpaired) electrons. The maximum atomic E-state index is 10.0. The van der Waals surface area contributed by atoms with Crippen molar-refractivity contribution in [2.75, 3.05) is 30.4 Å². The van der Waals surface area contributed by atoms with Gasteiger partial charge in [-0.05, 0) is 51.8 Å². The summed E-state index contributed by atoms with van der Waals surface area (Å²) in [6, 6.07) is 3.96. The Kier molecular flexibility index (Phi) is 6.49. The Balaban J connectivity index is 1.37. The number of nitrogens with zero attached hydrogens (tertiary/aromatic N) is 3. The topological polar surface area (TPSA) is 124 Å². The first kappa shape index (κ1) is 25.1. The molecule has 2 fully saturated rings. The van der Waals surface area contributed by atoms with Crippen molar-refractivity contribution < 1.29 is 23.7 Å². The molecule has 0 bridgehead atoms. The molecule has 10 heteroatoms. The van der Waals surface area contributed by atoms with Crippen LogP contribution in [0.5, 0.6) is 0 Å². The van der Waals surface area contributed by atoms with Crippen LogP contribution in [0.4, 0.5) is 11.8 Å². The van der Waals surface area contributed by atoms with E-state index in [-0.39, 0.29) is 30.8 Å². The highest BCUT2D eigenvalue weighted by molar-refractivity contribution is 5.86. The summed E-state index contributed by atoms with van der Waals surface area (Å²) in [6.45, 7) is 9.11. The predicted octanol–water partition coefficient (Wildman–Crippen LogP) is 4.18. The number of furan rings is 1. The van der Waals surface area contributed by atoms with E-state index in [1.54, 1.807) is 6.20 Å². The van der Waals surface area contributed by atoms with Crippen LogP contribution in [0.1, 0.15) is 45.0 Å². The fourth-order valence-corrected chi connectivity index (χ4v) is 5.70. The van der Waals surface area contributed by atoms with Gasteiger partial charge in [-0.3, -0.25) is 4.98 Å². The Morgan fingerprint density at radius 3 is 2.76 bits per heavy atom. The molecule has 0 amide bonds. The van der Waals surface area contributed by atoms with E-state index >= 15 is 0 Å². The van der Waals surface area contributed by atoms with Crippen LogP contribution in [0, 0.1) is 12.8 Å². The van der Waals surface area contributed by atoms with E-state index in [1.807, 2.05) is 26.8 Å². The highest BCUT2D eigenvalue weighted by Gasteiger charge is 2.54. The number of aryl methyl sites for hydroxylation is 2. The number of aromatic nitrogens is 3. The molecule has 38 heavy (non-hydrogen) atoms. The first-order chi connectivity index (χ1) is 18.3. The van der Waals surface area contributed by atoms with Gasteiger partial charge in [0, 0.05) is 30.0 Å². The second kappa shape index (κ2) is 9.83. The third-order valence-electron chi connectivity index (χ3n) is 7.50. The quantitative estimate of drug-likeness (QED) is 0.398. The second-order valence-electron chi connectivity index (χ2n) is 10.7. The molecule has 1 aliphatic carbocycles. The molecule has 0 unspecified atom stereocenters. The fourth-order valence-electron chi connectivity index (χ4n) is 5.70. The van der Waals surface area contributed by atoms with E-state index < -0.39 is 5.79 Å². The third kappa shape index (κ3) is 4.72. The van der Waals surface area contributed by atoms with Crippen molar-refractivity contribution in [3.8, 4) is 11.3 Å². The number of anilines is 2. The van der Waals surface area contributed by atoms with Crippen LogP contribution in [0.3, 0.4) is 0 Å². The maximum Gasteiger partial charge on any atom is 0.225 e. The minimum Gasteiger partial charge on any atom is -0.496 e. The van der Waals surface area contributed by atoms with Gasteiger partial charge in [-0.25, -0.2) is 4.98 Å². The molecule has 1 saturated heterocycles. The van der Waals surface area contributed by atoms with Gasteiger partial charge in [-0.1, -0.05) is 6.92 Å². The summed E-state index contributed by atoms with van der Waals surface area (Å²) in [4.78, 5) is 14.1. The number of pyridine rings is 1. The van der Waals surface area contributed by atoms with Crippen molar-refractivity contribution in [3.05, 3.63) is 41.6 Å². The monoisotopic (exact) mass is 521 g/mol. The smallest absolute Gasteiger partial charge is 0.225 e. The van der Waals surface area contributed by atoms with E-state index in [0.29, 0.717) is 42.7 Å². The standard InChI is InChI=1S/C28H35N5O5/c1-5-18-9-16-11-21(36-22(16)13-29-18)23-15(2)31-27(30-12-19-7-6-8-35-19)33-26(23)32-20-10-17(14-34)24-25(20)38-28(3,4)37-24/h7,9,11,13,17,20,24-25,34H,5-6,8,10,12,14H2,1-4H3,(H2,30,31,32,33)/t17-,20-,24-,25+/m1/s1. The highest BCUT2D eigenvalue weighted by Crippen LogP contribution is 2.44. The average molecular weight is 522 g/mol. The summed E-state index contributed by atoms with van der Waals surface area (Å²) >= 11 is 0. The van der Waals surface area contributed by atoms with Gasteiger partial charge in [-0.15, -0.1) is 0 Å². The molecule has 0 aromatic carbocycles. The van der Waals surface area contributed by atoms with Crippen molar-refractivity contribution in [1.82, 2.24) is 15.0 Å². The van der Waals surface area contributed by atoms with Gasteiger partial charge >= 0.3 is 0 Å². The Morgan fingerprint density at radius 2 is 2.00 bits per heavy atom. The van der Waals surface area contributed by atoms with Crippen LogP contribution in [0.2, 0.25) is 0 Å². The Morgan fingerprint density at radius 1 is 1.16 bits per heavy atom. The molecule has 1 saturated carbocycles. The molecule has 2 aliphatic heterocycles. The van der Waals surface area contributed by atoms with E-state index in [1.165, 1.54) is 0 Å². The summed E-state index contributed by atoms with van der Waals surface area (Å²) < 4.78 is 24.3. The maximum absolute atomic E-state index is 10.0. The molecular weight excluding hydrogens is 486 g/mol. The number of nitrogens with one attached hydrogen (secondary N) is 2. The third-order valence-corrected chi connectivity index (χ3v) is 7.50. The lowest BCUT2D eigenvalue weighted by Gasteiger charge is -2.25. The lowest BCUT2D eigenvalue weighted by atomic mass is 10.1. The van der Waals surface area contributed by atoms with Crippen LogP contribution in [0.25, 0.3) is 22.3 Å². The number of fused-ring (bicyclic) bond motifs is 2. The SMILES string of the molecule is CCc1cc2cc(-c3c(C)nc(NCC4=CCCO4)nc3N[C@@H]3C[C@H](CO)[C@H]4OC(C)(C)O[C@H]43)oc2cn1. The number of ether oxygens (including phenoxy) is 3. The van der Waals surface area contributed by atoms with E-state index in [4.69, 9.17) is 28.6 Å². The number of aliphatic hydroxyl groups is 1. The van der Waals surface area contributed by atoms with Crippen LogP contribution in [0.15, 0.2) is 34.6 Å². The summed E-state index contributed by atoms with van der Waals surface area (Å²) in [7, 11) is 0. The van der Waals surface area contributed by atoms with Crippen LogP contribution in [-0.4, -0.2) is 63.9 Å². The normalized spacial score (nSPS) is 25.9. The average Bonchev–Trinajstić information content (AvgIpc) is 3.66. The van der Waals surface area contributed by atoms with Crippen molar-refractivity contribution >= 4 is 22.7 Å². The second-order valence-corrected chi connectivity index (χ2v) is 10.7. The molecule has 10 nitrogen and oxygen atoms in total. The van der Waals surface area contributed by atoms with Gasteiger partial charge in [0.15, 0.2) is 11.4 Å². The van der Waals surface area contributed by atoms with Gasteiger partial charge in [0.2, 0.25) is 5.95 Å². The number of aliphatic hydroxyl groups excluding tert-OH is 1. The highest BCUT2D eigenvalue weighted by atomic mass is 16.8. The fraction of sp³-hybridized carbons (Fsp3) is 0.536. The largest absolute Gasteiger partial charge is 0.496 e. The summed E-state index contributed by atoms with van der Waals surface area (Å²) in [5.41, 5.74) is 3.27. The number of hydrogen-bond acceptors (Lipinski definition) is 10. The zero-order valence-electron chi connectivity index (χ0n) is 22.3. The molecule has 3 aromatic rings. The molecule has 0 spiro atoms. The minimum absolute atomic E-state index is 0.0283. The van der Waals surface area contributed by atoms with Gasteiger partial charge < -0.3 is 34.4 Å². The van der Waals surface area contributed by atoms with Gasteiger partial charge in [0.1, 0.15) is 23.4 Å². The summed E-state index contributed by atoms with van der Waals surface area (Å²) in [5, 5.41) is 18.0. The van der Waals surface area contributed by atoms with Gasteiger partial charge in [-0.2, -0.15) is 4.98 Å². The summed E-state index contributed by atoms with van der Waals surface area (Å²) in [6.07, 6.45) is 5.90. The zero-order chi connectivity index (χ0) is 26.4. The Bertz CT molecular complexity index is 1370. The lowest BCUT2D eigenvalue weighted by molar-refractivity contribution is -0.158. The van der Waals surface area contributed by atoms with Crippen molar-refractivity contribution in [1.29, 1.82) is 0 Å². The molecular formula is C28H35N5O5. The Hall–Kier alpha value is -3.21. The minimum atomic E-state index is -0.710. The van der Waals surface area contributed by atoms with Crippen molar-refractivity contribution in [2.45, 2.75) is 71.0 Å². The molecule has 3 N–H and O–H groups in total. The van der Waals surface area contributed by atoms with Crippen LogP contribution in [-0.2, 0) is 20.6 Å². The lowest BCUT2D eigenvalue weighted by Crippen LogP contribution is -2.35. The van der Waals surface area contributed by atoms with Crippen molar-refractivity contribution in [3.63, 3.8) is 0 Å². The molecule has 4 atom stereocenters. The Labute approximate surface area is 221 Å². The van der Waals surface area contributed by atoms with Crippen LogP contribution >= 0.6 is 0 Å². The number of rotatable bonds is 8. The molecule has 3 aliphatic rings. The molecule has 3 aromatic heterocycles. The first-order valence-corrected chi connectivity index (χ1v) is 13.4. The first-order valence-electron chi connectivity index (χ1n) is 13.4. The van der Waals surface area contributed by atoms with E-state index in [9.17, 15) is 5.11 Å². The van der Waals surface area contributed by atoms with Gasteiger partial charge in [0.25, 0.3) is 0 Å². The summed E-state index contributed by atoms with van der Waals surface area (Å²) in [5.74, 6) is 1.95. The molecule has 202 valence electrons. The van der Waals surface area contributed by atoms with Crippen molar-refractivity contribution in [2.24, 2.45) is 5.92 Å². The molecule has 5 heterocycles. The predicted molar refractivity (Wildman–Crippen MR) is 143 cm³/mol. The van der Waals surface area contributed by atoms with E-state index in [0.717, 1.165) is 40.9 Å². The number of hydrogen-bond donors (Lipinski definition) is 3. The van der Waals surface area contributed by atoms with Gasteiger partial charge in [0.05, 0.1) is 42.8 Å². The zero-order valence-corrected chi connectivity index (χ0v) is 22.3.